The third-order valence-electron chi connectivity index (χ3n) is 5.60. The number of ether oxygens (including phenoxy) is 3. The molecule has 2 aliphatic rings. The van der Waals surface area contributed by atoms with Crippen LogP contribution in [0.5, 0.6) is 11.6 Å². The van der Waals surface area contributed by atoms with Gasteiger partial charge < -0.3 is 24.4 Å². The van der Waals surface area contributed by atoms with Gasteiger partial charge in [-0.15, -0.1) is 0 Å². The van der Waals surface area contributed by atoms with Crippen LogP contribution in [0.3, 0.4) is 0 Å². The predicted octanol–water partition coefficient (Wildman–Crippen LogP) is 4.17. The van der Waals surface area contributed by atoms with E-state index in [1.54, 1.807) is 13.3 Å². The lowest BCUT2D eigenvalue weighted by Crippen LogP contribution is -2.53. The van der Waals surface area contributed by atoms with Gasteiger partial charge in [-0.05, 0) is 25.0 Å². The monoisotopic (exact) mass is 568 g/mol. The molecule has 15 heteroatoms. The lowest BCUT2D eigenvalue weighted by Gasteiger charge is -2.41. The van der Waals surface area contributed by atoms with Gasteiger partial charge in [-0.1, -0.05) is 24.3 Å². The molecule has 39 heavy (non-hydrogen) atoms. The first-order valence-electron chi connectivity index (χ1n) is 11.4. The van der Waals surface area contributed by atoms with Crippen LogP contribution in [0.1, 0.15) is 18.4 Å². The summed E-state index contributed by atoms with van der Waals surface area (Å²) in [4.78, 5) is 24.6. The van der Waals surface area contributed by atoms with Gasteiger partial charge in [0.25, 0.3) is 0 Å². The van der Waals surface area contributed by atoms with E-state index in [1.165, 1.54) is 5.56 Å². The Morgan fingerprint density at radius 3 is 2.13 bits per heavy atom. The van der Waals surface area contributed by atoms with E-state index in [-0.39, 0.29) is 12.2 Å². The zero-order chi connectivity index (χ0) is 29.2. The van der Waals surface area contributed by atoms with Gasteiger partial charge in [0.15, 0.2) is 0 Å². The number of carboxylic acid groups (broad SMARTS) is 2. The van der Waals surface area contributed by atoms with Gasteiger partial charge >= 0.3 is 24.3 Å². The molecule has 216 valence electrons. The molecule has 2 aromatic rings. The molecule has 0 aliphatic carbocycles. The minimum atomic E-state index is -5.08. The number of pyridine rings is 1. The van der Waals surface area contributed by atoms with Crippen molar-refractivity contribution in [3.63, 3.8) is 0 Å². The van der Waals surface area contributed by atoms with Crippen molar-refractivity contribution in [1.29, 1.82) is 0 Å². The molecule has 0 unspecified atom stereocenters. The Morgan fingerprint density at radius 2 is 1.59 bits per heavy atom. The lowest BCUT2D eigenvalue weighted by atomic mass is 9.95. The lowest BCUT2D eigenvalue weighted by molar-refractivity contribution is -0.193. The van der Waals surface area contributed by atoms with Gasteiger partial charge in [0, 0.05) is 43.6 Å². The fourth-order valence-corrected chi connectivity index (χ4v) is 3.92. The average molecular weight is 568 g/mol. The first kappa shape index (κ1) is 31.6. The maximum Gasteiger partial charge on any atom is 0.490 e. The Kier molecular flexibility index (Phi) is 11.3. The number of carboxylic acids is 2. The van der Waals surface area contributed by atoms with Gasteiger partial charge in [-0.3, -0.25) is 4.90 Å². The highest BCUT2D eigenvalue weighted by atomic mass is 19.4. The second kappa shape index (κ2) is 14.0. The van der Waals surface area contributed by atoms with Crippen molar-refractivity contribution in [2.75, 3.05) is 20.3 Å². The number of alkyl halides is 6. The SMILES string of the molecule is COc1ccccc1CN1CC[C@@H](Oc2ccccn2)[C@H]2OCC[C@@H]21.O=C(O)C(F)(F)F.O=C(O)C(F)(F)F. The molecule has 2 fully saturated rings. The largest absolute Gasteiger partial charge is 0.496 e. The molecular formula is C24H26F6N2O7. The third-order valence-corrected chi connectivity index (χ3v) is 5.60. The van der Waals surface area contributed by atoms with E-state index in [1.807, 2.05) is 30.3 Å². The van der Waals surface area contributed by atoms with Crippen LogP contribution >= 0.6 is 0 Å². The molecule has 3 atom stereocenters. The number of fused-ring (bicyclic) bond motifs is 1. The van der Waals surface area contributed by atoms with E-state index in [2.05, 4.69) is 22.0 Å². The number of hydrogen-bond acceptors (Lipinski definition) is 7. The van der Waals surface area contributed by atoms with Crippen molar-refractivity contribution in [2.45, 2.75) is 50.0 Å². The Morgan fingerprint density at radius 1 is 1.00 bits per heavy atom. The number of methoxy groups -OCH3 is 1. The van der Waals surface area contributed by atoms with Crippen molar-refractivity contribution in [3.8, 4) is 11.6 Å². The second-order valence-electron chi connectivity index (χ2n) is 8.19. The second-order valence-corrected chi connectivity index (χ2v) is 8.19. The summed E-state index contributed by atoms with van der Waals surface area (Å²) in [5.41, 5.74) is 1.22. The zero-order valence-electron chi connectivity index (χ0n) is 20.5. The van der Waals surface area contributed by atoms with Crippen molar-refractivity contribution in [3.05, 3.63) is 54.2 Å². The van der Waals surface area contributed by atoms with E-state index >= 15 is 0 Å². The molecule has 1 aromatic heterocycles. The number of benzene rings is 1. The minimum absolute atomic E-state index is 0.0660. The van der Waals surface area contributed by atoms with Crippen molar-refractivity contribution in [2.24, 2.45) is 0 Å². The van der Waals surface area contributed by atoms with E-state index < -0.39 is 24.3 Å². The summed E-state index contributed by atoms with van der Waals surface area (Å²) in [5.74, 6) is -3.88. The first-order valence-corrected chi connectivity index (χ1v) is 11.4. The maximum absolute atomic E-state index is 10.6. The van der Waals surface area contributed by atoms with Crippen LogP contribution in [-0.2, 0) is 20.9 Å². The summed E-state index contributed by atoms with van der Waals surface area (Å²) >= 11 is 0. The minimum Gasteiger partial charge on any atom is -0.496 e. The number of halogens is 6. The fourth-order valence-electron chi connectivity index (χ4n) is 3.92. The molecule has 4 rings (SSSR count). The van der Waals surface area contributed by atoms with Gasteiger partial charge in [0.1, 0.15) is 18.0 Å². The van der Waals surface area contributed by atoms with Crippen molar-refractivity contribution >= 4 is 11.9 Å². The normalized spacial score (nSPS) is 20.8. The van der Waals surface area contributed by atoms with Gasteiger partial charge in [0.2, 0.25) is 5.88 Å². The van der Waals surface area contributed by atoms with Crippen LogP contribution in [-0.4, -0.2) is 82.9 Å². The van der Waals surface area contributed by atoms with E-state index in [0.29, 0.717) is 11.9 Å². The molecule has 0 spiro atoms. The number of likely N-dealkylation sites (tertiary alicyclic amines) is 1. The summed E-state index contributed by atoms with van der Waals surface area (Å²) in [5, 5.41) is 14.2. The predicted molar refractivity (Wildman–Crippen MR) is 122 cm³/mol. The molecule has 2 aliphatic heterocycles. The summed E-state index contributed by atoms with van der Waals surface area (Å²) < 4.78 is 81.1. The maximum atomic E-state index is 10.6. The summed E-state index contributed by atoms with van der Waals surface area (Å²) in [6.45, 7) is 2.66. The van der Waals surface area contributed by atoms with Crippen LogP contribution < -0.4 is 9.47 Å². The number of hydrogen-bond donors (Lipinski definition) is 2. The van der Waals surface area contributed by atoms with E-state index in [0.717, 1.165) is 38.3 Å². The highest BCUT2D eigenvalue weighted by Crippen LogP contribution is 2.33. The van der Waals surface area contributed by atoms with Gasteiger partial charge in [-0.2, -0.15) is 26.3 Å². The molecule has 9 nitrogen and oxygen atoms in total. The number of carbonyl (C=O) groups is 2. The molecular weight excluding hydrogens is 542 g/mol. The molecule has 0 bridgehead atoms. The third kappa shape index (κ3) is 9.90. The standard InChI is InChI=1S/C20H24N2O3.2C2HF3O2/c1-23-17-7-3-2-6-15(17)14-22-12-9-18(20-16(22)10-13-24-20)25-19-8-4-5-11-21-19;2*3-2(4,5)1(6)7/h2-8,11,16,18,20H,9-10,12-14H2,1H3;2*(H,6,7)/t16-,18+,20-;;/m0../s1. The molecule has 1 aromatic carbocycles. The number of rotatable bonds is 5. The quantitative estimate of drug-likeness (QED) is 0.513. The van der Waals surface area contributed by atoms with Crippen LogP contribution in [0.25, 0.3) is 0 Å². The molecule has 0 amide bonds. The number of para-hydroxylation sites is 1. The van der Waals surface area contributed by atoms with Crippen molar-refractivity contribution in [1.82, 2.24) is 9.88 Å². The Hall–Kier alpha value is -3.59. The molecule has 2 N–H and O–H groups in total. The molecule has 3 heterocycles. The molecule has 2 saturated heterocycles. The van der Waals surface area contributed by atoms with E-state index in [4.69, 9.17) is 34.0 Å². The summed E-state index contributed by atoms with van der Waals surface area (Å²) in [6, 6.07) is 14.4. The van der Waals surface area contributed by atoms with Crippen molar-refractivity contribution < 1.29 is 60.4 Å². The highest BCUT2D eigenvalue weighted by Gasteiger charge is 2.43. The first-order chi connectivity index (χ1) is 18.2. The number of nitrogens with zero attached hydrogens (tertiary/aromatic N) is 2. The Balaban J connectivity index is 0.000000317. The highest BCUT2D eigenvalue weighted by molar-refractivity contribution is 5.73. The Bertz CT molecular complexity index is 1040. The number of aliphatic carboxylic acids is 2. The molecule has 0 saturated carbocycles. The molecule has 0 radical (unpaired) electrons. The average Bonchev–Trinajstić information content (AvgIpc) is 3.37. The fraction of sp³-hybridized carbons (Fsp3) is 0.458. The number of aromatic nitrogens is 1. The van der Waals surface area contributed by atoms with E-state index in [9.17, 15) is 26.3 Å². The topological polar surface area (TPSA) is 118 Å². The van der Waals surface area contributed by atoms with Gasteiger partial charge in [0.05, 0.1) is 7.11 Å². The zero-order valence-corrected chi connectivity index (χ0v) is 20.5. The van der Waals surface area contributed by atoms with Crippen LogP contribution in [0, 0.1) is 0 Å². The smallest absolute Gasteiger partial charge is 0.490 e. The summed E-state index contributed by atoms with van der Waals surface area (Å²) in [7, 11) is 1.73. The summed E-state index contributed by atoms with van der Waals surface area (Å²) in [6.07, 6.45) is -6.25. The van der Waals surface area contributed by atoms with Crippen LogP contribution in [0.4, 0.5) is 26.3 Å². The Labute approximate surface area is 218 Å². The van der Waals surface area contributed by atoms with Crippen LogP contribution in [0.2, 0.25) is 0 Å². The van der Waals surface area contributed by atoms with Crippen LogP contribution in [0.15, 0.2) is 48.7 Å². The van der Waals surface area contributed by atoms with Gasteiger partial charge in [-0.25, -0.2) is 14.6 Å². The number of piperidine rings is 1.